The number of halogens is 3. The lowest BCUT2D eigenvalue weighted by atomic mass is 9.64. The van der Waals surface area contributed by atoms with Gasteiger partial charge in [0, 0.05) is 17.7 Å². The molecule has 0 saturated heterocycles. The first-order chi connectivity index (χ1) is 16.9. The molecule has 0 aromatic heterocycles. The molecule has 4 unspecified atom stereocenters. The zero-order valence-electron chi connectivity index (χ0n) is 20.2. The van der Waals surface area contributed by atoms with Crippen molar-refractivity contribution in [2.24, 2.45) is 17.8 Å². The van der Waals surface area contributed by atoms with E-state index in [1.165, 1.54) is 12.5 Å². The lowest BCUT2D eigenvalue weighted by molar-refractivity contribution is 0.0733. The Hall–Kier alpha value is -2.82. The predicted octanol–water partition coefficient (Wildman–Crippen LogP) is 8.32. The van der Waals surface area contributed by atoms with Crippen molar-refractivity contribution in [3.05, 3.63) is 89.3 Å². The quantitative estimate of drug-likeness (QED) is 0.225. The smallest absolute Gasteiger partial charge is 0.343 e. The lowest BCUT2D eigenvalue weighted by Crippen LogP contribution is -2.30. The zero-order chi connectivity index (χ0) is 24.9. The van der Waals surface area contributed by atoms with Crippen molar-refractivity contribution in [1.82, 2.24) is 0 Å². The van der Waals surface area contributed by atoms with E-state index in [2.05, 4.69) is 12.7 Å². The highest BCUT2D eigenvalue weighted by molar-refractivity contribution is 5.91. The molecule has 2 nitrogen and oxygen atoms in total. The van der Waals surface area contributed by atoms with Crippen LogP contribution in [0.3, 0.4) is 0 Å². The van der Waals surface area contributed by atoms with Gasteiger partial charge in [0.2, 0.25) is 0 Å². The van der Waals surface area contributed by atoms with Gasteiger partial charge in [0.05, 0.1) is 5.56 Å². The van der Waals surface area contributed by atoms with Crippen LogP contribution in [0.4, 0.5) is 13.2 Å². The van der Waals surface area contributed by atoms with E-state index in [9.17, 15) is 13.6 Å². The van der Waals surface area contributed by atoms with Crippen LogP contribution in [0.2, 0.25) is 0 Å². The number of hydrogen-bond acceptors (Lipinski definition) is 2. The maximum atomic E-state index is 15.1. The van der Waals surface area contributed by atoms with E-state index < -0.39 is 23.4 Å². The highest BCUT2D eigenvalue weighted by Gasteiger charge is 2.36. The van der Waals surface area contributed by atoms with Crippen LogP contribution in [0.1, 0.15) is 79.3 Å². The van der Waals surface area contributed by atoms with Gasteiger partial charge in [0.15, 0.2) is 0 Å². The van der Waals surface area contributed by atoms with Crippen LogP contribution >= 0.6 is 0 Å². The Morgan fingerprint density at radius 3 is 2.40 bits per heavy atom. The molecule has 4 rings (SSSR count). The van der Waals surface area contributed by atoms with Crippen LogP contribution in [0, 0.1) is 35.2 Å². The monoisotopic (exact) mass is 482 g/mol. The second-order valence-electron chi connectivity index (χ2n) is 9.94. The Labute approximate surface area is 205 Å². The van der Waals surface area contributed by atoms with Crippen LogP contribution in [0.25, 0.3) is 0 Å². The number of carbonyl (C=O) groups is 1. The van der Waals surface area contributed by atoms with E-state index in [1.807, 2.05) is 19.1 Å². The Balaban J connectivity index is 1.41. The predicted molar refractivity (Wildman–Crippen MR) is 132 cm³/mol. The molecule has 0 spiro atoms. The Kier molecular flexibility index (Phi) is 8.15. The van der Waals surface area contributed by atoms with Gasteiger partial charge in [-0.3, -0.25) is 0 Å². The average Bonchev–Trinajstić information content (AvgIpc) is 2.85. The summed E-state index contributed by atoms with van der Waals surface area (Å²) in [5, 5.41) is 0. The van der Waals surface area contributed by atoms with Crippen LogP contribution in [0.15, 0.2) is 55.1 Å². The Bertz CT molecular complexity index is 1080. The molecular formula is C30H33F3O2. The largest absolute Gasteiger partial charge is 0.423 e. The van der Waals surface area contributed by atoms with Crippen LogP contribution in [0.5, 0.6) is 5.75 Å². The first-order valence-corrected chi connectivity index (χ1v) is 12.6. The number of ether oxygens (including phenoxy) is 1. The SMILES string of the molecule is C=CC1CCC2CC(c3ccc(C(=O)Oc4cc(F)c(CC/C=C/C)c(F)c4)cc3F)CCC2C1. The third kappa shape index (κ3) is 5.88. The van der Waals surface area contributed by atoms with Crippen LogP contribution in [-0.4, -0.2) is 5.97 Å². The van der Waals surface area contributed by atoms with Gasteiger partial charge in [0.25, 0.3) is 0 Å². The van der Waals surface area contributed by atoms with Gasteiger partial charge < -0.3 is 4.74 Å². The van der Waals surface area contributed by atoms with E-state index >= 15 is 4.39 Å². The Morgan fingerprint density at radius 1 is 1.00 bits per heavy atom. The number of benzene rings is 2. The molecule has 2 aliphatic carbocycles. The van der Waals surface area contributed by atoms with E-state index in [4.69, 9.17) is 4.74 Å². The van der Waals surface area contributed by atoms with E-state index in [0.717, 1.165) is 44.2 Å². The third-order valence-electron chi connectivity index (χ3n) is 7.78. The molecule has 2 aliphatic rings. The fourth-order valence-corrected chi connectivity index (χ4v) is 5.85. The minimum atomic E-state index is -0.845. The number of rotatable bonds is 7. The Morgan fingerprint density at radius 2 is 1.71 bits per heavy atom. The number of hydrogen-bond donors (Lipinski definition) is 0. The number of fused-ring (bicyclic) bond motifs is 1. The van der Waals surface area contributed by atoms with Crippen molar-refractivity contribution in [2.75, 3.05) is 0 Å². The molecular weight excluding hydrogens is 449 g/mol. The molecule has 2 aromatic carbocycles. The summed E-state index contributed by atoms with van der Waals surface area (Å²) in [7, 11) is 0. The summed E-state index contributed by atoms with van der Waals surface area (Å²) in [6, 6.07) is 6.38. The van der Waals surface area contributed by atoms with Crippen LogP contribution < -0.4 is 4.74 Å². The summed E-state index contributed by atoms with van der Waals surface area (Å²) in [4.78, 5) is 12.6. The first-order valence-electron chi connectivity index (χ1n) is 12.6. The van der Waals surface area contributed by atoms with Crippen LogP contribution in [-0.2, 0) is 6.42 Å². The van der Waals surface area contributed by atoms with Gasteiger partial charge in [0.1, 0.15) is 23.2 Å². The van der Waals surface area contributed by atoms with Crippen molar-refractivity contribution in [3.8, 4) is 5.75 Å². The number of carbonyl (C=O) groups excluding carboxylic acids is 1. The molecule has 0 aliphatic heterocycles. The fraction of sp³-hybridized carbons (Fsp3) is 0.433. The van der Waals surface area contributed by atoms with Crippen molar-refractivity contribution in [2.45, 2.75) is 64.2 Å². The molecule has 4 atom stereocenters. The molecule has 35 heavy (non-hydrogen) atoms. The summed E-state index contributed by atoms with van der Waals surface area (Å²) in [6.07, 6.45) is 12.9. The molecule has 0 heterocycles. The fourth-order valence-electron chi connectivity index (χ4n) is 5.85. The van der Waals surface area contributed by atoms with Gasteiger partial charge in [-0.2, -0.15) is 0 Å². The highest BCUT2D eigenvalue weighted by atomic mass is 19.1. The van der Waals surface area contributed by atoms with E-state index in [1.54, 1.807) is 12.1 Å². The molecule has 2 aromatic rings. The summed E-state index contributed by atoms with van der Waals surface area (Å²) in [5.74, 6) is -1.01. The summed E-state index contributed by atoms with van der Waals surface area (Å²) >= 11 is 0. The molecule has 186 valence electrons. The van der Waals surface area contributed by atoms with Gasteiger partial charge in [-0.15, -0.1) is 6.58 Å². The molecule has 0 bridgehead atoms. The van der Waals surface area contributed by atoms with E-state index in [0.29, 0.717) is 29.7 Å². The molecule has 0 N–H and O–H groups in total. The zero-order valence-corrected chi connectivity index (χ0v) is 20.2. The van der Waals surface area contributed by atoms with Crippen molar-refractivity contribution in [3.63, 3.8) is 0 Å². The maximum Gasteiger partial charge on any atom is 0.343 e. The molecule has 0 amide bonds. The molecule has 0 radical (unpaired) electrons. The van der Waals surface area contributed by atoms with Gasteiger partial charge in [-0.25, -0.2) is 18.0 Å². The van der Waals surface area contributed by atoms with Crippen molar-refractivity contribution < 1.29 is 22.7 Å². The van der Waals surface area contributed by atoms with Crippen molar-refractivity contribution in [1.29, 1.82) is 0 Å². The number of esters is 1. The van der Waals surface area contributed by atoms with Gasteiger partial charge in [-0.1, -0.05) is 24.3 Å². The highest BCUT2D eigenvalue weighted by Crippen LogP contribution is 2.48. The van der Waals surface area contributed by atoms with Gasteiger partial charge >= 0.3 is 5.97 Å². The average molecular weight is 483 g/mol. The minimum absolute atomic E-state index is 0.0180. The topological polar surface area (TPSA) is 26.3 Å². The first kappa shape index (κ1) is 25.3. The second-order valence-corrected chi connectivity index (χ2v) is 9.94. The minimum Gasteiger partial charge on any atom is -0.423 e. The lowest BCUT2D eigenvalue weighted by Gasteiger charge is -2.41. The molecule has 2 fully saturated rings. The molecule has 2 saturated carbocycles. The maximum absolute atomic E-state index is 15.1. The summed E-state index contributed by atoms with van der Waals surface area (Å²) in [6.45, 7) is 5.78. The number of allylic oxidation sites excluding steroid dienone is 3. The summed E-state index contributed by atoms with van der Waals surface area (Å²) < 4.78 is 48.9. The molecule has 5 heteroatoms. The van der Waals surface area contributed by atoms with E-state index in [-0.39, 0.29) is 29.2 Å². The van der Waals surface area contributed by atoms with Gasteiger partial charge in [-0.05, 0) is 99.7 Å². The second kappa shape index (κ2) is 11.3. The third-order valence-corrected chi connectivity index (χ3v) is 7.78. The normalized spacial score (nSPS) is 24.2. The van der Waals surface area contributed by atoms with Crippen molar-refractivity contribution >= 4 is 5.97 Å². The summed E-state index contributed by atoms with van der Waals surface area (Å²) in [5.41, 5.74) is 0.601. The standard InChI is InChI=1S/C30H33F3O2/c1-3-5-6-7-26-28(32)17-24(18-29(26)33)35-30(34)23-12-13-25(27(31)16-23)22-11-10-20-14-19(4-2)8-9-21(20)15-22/h3-5,12-13,16-22H,2,6-11,14-15H2,1H3/b5-3+.